The summed E-state index contributed by atoms with van der Waals surface area (Å²) in [6.07, 6.45) is 5.78. The van der Waals surface area contributed by atoms with Crippen LogP contribution in [0.25, 0.3) is 0 Å². The molecule has 0 saturated heterocycles. The molecule has 0 aromatic heterocycles. The predicted molar refractivity (Wildman–Crippen MR) is 80.5 cm³/mol. The van der Waals surface area contributed by atoms with E-state index in [-0.39, 0.29) is 0 Å². The molecule has 1 aromatic carbocycles. The van der Waals surface area contributed by atoms with Crippen LogP contribution in [0, 0.1) is 0 Å². The topological polar surface area (TPSA) is 36.9 Å². The molecular weight excluding hydrogens is 256 g/mol. The second-order valence-corrected chi connectivity index (χ2v) is 4.65. The zero-order chi connectivity index (χ0) is 15.0. The zero-order valence-corrected chi connectivity index (χ0v) is 13.2. The first kappa shape index (κ1) is 16.5. The molecular formula is C16H26O4. The molecule has 0 bridgehead atoms. The fraction of sp³-hybridized carbons (Fsp3) is 0.625. The van der Waals surface area contributed by atoms with Crippen molar-refractivity contribution in [3.8, 4) is 23.0 Å². The third-order valence-electron chi connectivity index (χ3n) is 3.37. The Labute approximate surface area is 122 Å². The summed E-state index contributed by atoms with van der Waals surface area (Å²) in [4.78, 5) is 0. The molecule has 114 valence electrons. The van der Waals surface area contributed by atoms with E-state index in [9.17, 15) is 0 Å². The van der Waals surface area contributed by atoms with Gasteiger partial charge in [0.05, 0.1) is 28.4 Å². The number of hydrogen-bond acceptors (Lipinski definition) is 4. The van der Waals surface area contributed by atoms with Crippen molar-refractivity contribution in [3.05, 3.63) is 11.6 Å². The van der Waals surface area contributed by atoms with Crippen LogP contribution in [0.15, 0.2) is 6.07 Å². The molecule has 0 aliphatic carbocycles. The summed E-state index contributed by atoms with van der Waals surface area (Å²) in [6, 6.07) is 1.98. The lowest BCUT2D eigenvalue weighted by Gasteiger charge is -2.18. The summed E-state index contributed by atoms with van der Waals surface area (Å²) in [5, 5.41) is 0. The molecule has 0 unspecified atom stereocenters. The van der Waals surface area contributed by atoms with Crippen LogP contribution in [0.5, 0.6) is 23.0 Å². The number of rotatable bonds is 9. The largest absolute Gasteiger partial charge is 0.493 e. The van der Waals surface area contributed by atoms with Gasteiger partial charge in [0.2, 0.25) is 11.5 Å². The summed E-state index contributed by atoms with van der Waals surface area (Å²) < 4.78 is 21.7. The summed E-state index contributed by atoms with van der Waals surface area (Å²) in [5.74, 6) is 2.58. The zero-order valence-electron chi connectivity index (χ0n) is 13.2. The summed E-state index contributed by atoms with van der Waals surface area (Å²) in [7, 11) is 6.49. The van der Waals surface area contributed by atoms with Gasteiger partial charge in [-0.05, 0) is 18.9 Å². The van der Waals surface area contributed by atoms with E-state index in [2.05, 4.69) is 6.92 Å². The van der Waals surface area contributed by atoms with Crippen molar-refractivity contribution in [2.45, 2.75) is 39.0 Å². The van der Waals surface area contributed by atoms with Gasteiger partial charge in [-0.1, -0.05) is 26.2 Å². The lowest BCUT2D eigenvalue weighted by atomic mass is 10.0. The minimum absolute atomic E-state index is 0.573. The molecule has 0 heterocycles. The normalized spacial score (nSPS) is 10.2. The van der Waals surface area contributed by atoms with Gasteiger partial charge in [0.25, 0.3) is 0 Å². The van der Waals surface area contributed by atoms with Crippen molar-refractivity contribution in [3.63, 3.8) is 0 Å². The Morgan fingerprint density at radius 1 is 0.750 bits per heavy atom. The van der Waals surface area contributed by atoms with Crippen LogP contribution >= 0.6 is 0 Å². The molecule has 0 amide bonds. The van der Waals surface area contributed by atoms with E-state index in [1.807, 2.05) is 6.07 Å². The van der Waals surface area contributed by atoms with Crippen molar-refractivity contribution in [1.82, 2.24) is 0 Å². The Bertz CT molecular complexity index is 415. The standard InChI is InChI=1S/C16H26O4/c1-6-7-8-9-10-12-11-13(17-2)15(19-4)16(20-5)14(12)18-3/h11H,6-10H2,1-5H3. The number of unbranched alkanes of at least 4 members (excludes halogenated alkanes) is 3. The van der Waals surface area contributed by atoms with Crippen molar-refractivity contribution >= 4 is 0 Å². The van der Waals surface area contributed by atoms with E-state index in [1.165, 1.54) is 19.3 Å². The van der Waals surface area contributed by atoms with E-state index < -0.39 is 0 Å². The van der Waals surface area contributed by atoms with Crippen molar-refractivity contribution in [2.24, 2.45) is 0 Å². The van der Waals surface area contributed by atoms with Crippen molar-refractivity contribution < 1.29 is 18.9 Å². The van der Waals surface area contributed by atoms with Crippen LogP contribution in [0.2, 0.25) is 0 Å². The molecule has 4 nitrogen and oxygen atoms in total. The average molecular weight is 282 g/mol. The van der Waals surface area contributed by atoms with Crippen molar-refractivity contribution in [1.29, 1.82) is 0 Å². The predicted octanol–water partition coefficient (Wildman–Crippen LogP) is 3.84. The SMILES string of the molecule is CCCCCCc1cc(OC)c(OC)c(OC)c1OC. The molecule has 0 fully saturated rings. The van der Waals surface area contributed by atoms with Gasteiger partial charge in [-0.2, -0.15) is 0 Å². The van der Waals surface area contributed by atoms with Crippen molar-refractivity contribution in [2.75, 3.05) is 28.4 Å². The Kier molecular flexibility index (Phi) is 7.05. The summed E-state index contributed by atoms with van der Waals surface area (Å²) in [6.45, 7) is 2.21. The van der Waals surface area contributed by atoms with Crippen LogP contribution in [0.3, 0.4) is 0 Å². The maximum atomic E-state index is 5.51. The third kappa shape index (κ3) is 3.71. The number of benzene rings is 1. The van der Waals surface area contributed by atoms with Gasteiger partial charge in [0.15, 0.2) is 11.5 Å². The highest BCUT2D eigenvalue weighted by atomic mass is 16.5. The fourth-order valence-electron chi connectivity index (χ4n) is 2.33. The quantitative estimate of drug-likeness (QED) is 0.645. The highest BCUT2D eigenvalue weighted by molar-refractivity contribution is 5.62. The molecule has 1 aromatic rings. The van der Waals surface area contributed by atoms with Gasteiger partial charge in [-0.25, -0.2) is 0 Å². The van der Waals surface area contributed by atoms with Gasteiger partial charge in [-0.15, -0.1) is 0 Å². The lowest BCUT2D eigenvalue weighted by molar-refractivity contribution is 0.303. The van der Waals surface area contributed by atoms with Gasteiger partial charge in [0.1, 0.15) is 0 Å². The average Bonchev–Trinajstić information content (AvgIpc) is 2.49. The number of hydrogen-bond donors (Lipinski definition) is 0. The first-order valence-electron chi connectivity index (χ1n) is 7.09. The van der Waals surface area contributed by atoms with Crippen LogP contribution in [0.4, 0.5) is 0 Å². The van der Waals surface area contributed by atoms with Crippen LogP contribution in [-0.4, -0.2) is 28.4 Å². The maximum absolute atomic E-state index is 5.51. The van der Waals surface area contributed by atoms with Crippen LogP contribution < -0.4 is 18.9 Å². The minimum Gasteiger partial charge on any atom is -0.493 e. The Hall–Kier alpha value is -1.58. The number of aryl methyl sites for hydroxylation is 1. The lowest BCUT2D eigenvalue weighted by Crippen LogP contribution is -2.01. The van der Waals surface area contributed by atoms with Gasteiger partial charge >= 0.3 is 0 Å². The molecule has 0 aliphatic heterocycles. The first-order valence-corrected chi connectivity index (χ1v) is 7.09. The molecule has 20 heavy (non-hydrogen) atoms. The number of ether oxygens (including phenoxy) is 4. The summed E-state index contributed by atoms with van der Waals surface area (Å²) in [5.41, 5.74) is 1.10. The van der Waals surface area contributed by atoms with E-state index in [0.717, 1.165) is 24.2 Å². The molecule has 0 radical (unpaired) electrons. The number of methoxy groups -OCH3 is 4. The summed E-state index contributed by atoms with van der Waals surface area (Å²) >= 11 is 0. The van der Waals surface area contributed by atoms with E-state index in [1.54, 1.807) is 28.4 Å². The Morgan fingerprint density at radius 2 is 1.40 bits per heavy atom. The molecule has 0 atom stereocenters. The third-order valence-corrected chi connectivity index (χ3v) is 3.37. The highest BCUT2D eigenvalue weighted by Gasteiger charge is 2.20. The molecule has 0 aliphatic rings. The highest BCUT2D eigenvalue weighted by Crippen LogP contribution is 2.46. The molecule has 0 spiro atoms. The monoisotopic (exact) mass is 282 g/mol. The Morgan fingerprint density at radius 3 is 1.90 bits per heavy atom. The second-order valence-electron chi connectivity index (χ2n) is 4.65. The van der Waals surface area contributed by atoms with E-state index >= 15 is 0 Å². The van der Waals surface area contributed by atoms with Crippen LogP contribution in [0.1, 0.15) is 38.2 Å². The second kappa shape index (κ2) is 8.56. The first-order chi connectivity index (χ1) is 9.73. The van der Waals surface area contributed by atoms with Crippen LogP contribution in [-0.2, 0) is 6.42 Å². The molecule has 0 saturated carbocycles. The molecule has 4 heteroatoms. The minimum atomic E-state index is 0.573. The molecule has 0 N–H and O–H groups in total. The van der Waals surface area contributed by atoms with Gasteiger partial charge in [0, 0.05) is 5.56 Å². The van der Waals surface area contributed by atoms with Gasteiger partial charge < -0.3 is 18.9 Å². The van der Waals surface area contributed by atoms with E-state index in [0.29, 0.717) is 17.2 Å². The fourth-order valence-corrected chi connectivity index (χ4v) is 2.33. The maximum Gasteiger partial charge on any atom is 0.207 e. The molecule has 1 rings (SSSR count). The smallest absolute Gasteiger partial charge is 0.207 e. The van der Waals surface area contributed by atoms with Gasteiger partial charge in [-0.3, -0.25) is 0 Å². The van der Waals surface area contributed by atoms with E-state index in [4.69, 9.17) is 18.9 Å². The Balaban J connectivity index is 3.08.